The average Bonchev–Trinajstić information content (AvgIpc) is 2.49. The Balaban J connectivity index is 1.98. The number of carbonyl (C=O) groups is 1. The van der Waals surface area contributed by atoms with E-state index in [1.165, 1.54) is 0 Å². The maximum atomic E-state index is 11.7. The van der Waals surface area contributed by atoms with Crippen molar-refractivity contribution < 1.29 is 4.79 Å². The van der Waals surface area contributed by atoms with Gasteiger partial charge in [-0.3, -0.25) is 4.79 Å². The molecule has 0 aliphatic carbocycles. The summed E-state index contributed by atoms with van der Waals surface area (Å²) in [5.41, 5.74) is 0.00535. The molecular weight excluding hydrogens is 176 g/mol. The lowest BCUT2D eigenvalue weighted by Gasteiger charge is -2.39. The van der Waals surface area contributed by atoms with Crippen LogP contribution < -0.4 is 5.32 Å². The van der Waals surface area contributed by atoms with Gasteiger partial charge in [0.2, 0.25) is 5.91 Å². The number of likely N-dealkylation sites (tertiary alicyclic amines) is 1. The molecule has 0 unspecified atom stereocenters. The SMILES string of the molecule is CC(C)N1CCC2(CCNC2=O)CC1. The van der Waals surface area contributed by atoms with E-state index in [1.807, 2.05) is 0 Å². The molecule has 1 N–H and O–H groups in total. The summed E-state index contributed by atoms with van der Waals surface area (Å²) >= 11 is 0. The van der Waals surface area contributed by atoms with Crippen molar-refractivity contribution in [3.8, 4) is 0 Å². The smallest absolute Gasteiger partial charge is 0.226 e. The minimum Gasteiger partial charge on any atom is -0.356 e. The van der Waals surface area contributed by atoms with E-state index < -0.39 is 0 Å². The molecule has 0 aromatic rings. The second kappa shape index (κ2) is 3.54. The van der Waals surface area contributed by atoms with E-state index in [4.69, 9.17) is 0 Å². The first-order chi connectivity index (χ1) is 6.64. The highest BCUT2D eigenvalue weighted by Crippen LogP contribution is 2.38. The zero-order valence-corrected chi connectivity index (χ0v) is 9.18. The number of hydrogen-bond acceptors (Lipinski definition) is 2. The van der Waals surface area contributed by atoms with Crippen LogP contribution in [-0.4, -0.2) is 36.5 Å². The van der Waals surface area contributed by atoms with Crippen molar-refractivity contribution in [2.75, 3.05) is 19.6 Å². The highest BCUT2D eigenvalue weighted by Gasteiger charge is 2.44. The van der Waals surface area contributed by atoms with Crippen LogP contribution in [0.15, 0.2) is 0 Å². The molecule has 2 saturated heterocycles. The molecule has 14 heavy (non-hydrogen) atoms. The van der Waals surface area contributed by atoms with Crippen LogP contribution in [0.5, 0.6) is 0 Å². The first-order valence-corrected chi connectivity index (χ1v) is 5.66. The molecule has 2 aliphatic heterocycles. The number of nitrogens with zero attached hydrogens (tertiary/aromatic N) is 1. The van der Waals surface area contributed by atoms with E-state index in [0.717, 1.165) is 38.9 Å². The summed E-state index contributed by atoms with van der Waals surface area (Å²) in [6.07, 6.45) is 3.16. The molecular formula is C11H20N2O. The van der Waals surface area contributed by atoms with Gasteiger partial charge in [0, 0.05) is 12.6 Å². The number of amides is 1. The maximum Gasteiger partial charge on any atom is 0.226 e. The quantitative estimate of drug-likeness (QED) is 0.678. The zero-order valence-electron chi connectivity index (χ0n) is 9.18. The third-order valence-electron chi connectivity index (χ3n) is 3.86. The summed E-state index contributed by atoms with van der Waals surface area (Å²) in [6, 6.07) is 0.622. The lowest BCUT2D eigenvalue weighted by molar-refractivity contribution is -0.130. The van der Waals surface area contributed by atoms with Gasteiger partial charge >= 0.3 is 0 Å². The summed E-state index contributed by atoms with van der Waals surface area (Å²) in [4.78, 5) is 14.2. The summed E-state index contributed by atoms with van der Waals surface area (Å²) in [6.45, 7) is 7.52. The lowest BCUT2D eigenvalue weighted by Crippen LogP contribution is -2.46. The number of carbonyl (C=O) groups excluding carboxylic acids is 1. The Morgan fingerprint density at radius 2 is 1.93 bits per heavy atom. The number of rotatable bonds is 1. The monoisotopic (exact) mass is 196 g/mol. The fourth-order valence-corrected chi connectivity index (χ4v) is 2.66. The van der Waals surface area contributed by atoms with Crippen molar-refractivity contribution in [3.63, 3.8) is 0 Å². The highest BCUT2D eigenvalue weighted by molar-refractivity contribution is 5.84. The van der Waals surface area contributed by atoms with Crippen LogP contribution in [0.4, 0.5) is 0 Å². The summed E-state index contributed by atoms with van der Waals surface area (Å²) < 4.78 is 0. The molecule has 3 heteroatoms. The molecule has 2 heterocycles. The van der Waals surface area contributed by atoms with Crippen molar-refractivity contribution >= 4 is 5.91 Å². The van der Waals surface area contributed by atoms with Crippen molar-refractivity contribution in [2.24, 2.45) is 5.41 Å². The molecule has 80 valence electrons. The number of nitrogens with one attached hydrogen (secondary N) is 1. The third-order valence-corrected chi connectivity index (χ3v) is 3.86. The topological polar surface area (TPSA) is 32.3 Å². The van der Waals surface area contributed by atoms with Gasteiger partial charge in [-0.2, -0.15) is 0 Å². The predicted molar refractivity (Wildman–Crippen MR) is 56.0 cm³/mol. The minimum atomic E-state index is 0.00535. The third kappa shape index (κ3) is 1.54. The van der Waals surface area contributed by atoms with Gasteiger partial charge < -0.3 is 10.2 Å². The van der Waals surface area contributed by atoms with E-state index in [0.29, 0.717) is 11.9 Å². The molecule has 2 aliphatic rings. The number of piperidine rings is 1. The van der Waals surface area contributed by atoms with Gasteiger partial charge in [0.25, 0.3) is 0 Å². The Bertz CT molecular complexity index is 229. The van der Waals surface area contributed by atoms with E-state index in [1.54, 1.807) is 0 Å². The summed E-state index contributed by atoms with van der Waals surface area (Å²) in [5.74, 6) is 0.306. The Labute approximate surface area is 85.8 Å². The van der Waals surface area contributed by atoms with Crippen LogP contribution in [0.3, 0.4) is 0 Å². The first-order valence-electron chi connectivity index (χ1n) is 5.66. The Hall–Kier alpha value is -0.570. The van der Waals surface area contributed by atoms with Crippen LogP contribution >= 0.6 is 0 Å². The lowest BCUT2D eigenvalue weighted by atomic mass is 9.77. The molecule has 1 amide bonds. The fourth-order valence-electron chi connectivity index (χ4n) is 2.66. The molecule has 0 radical (unpaired) electrons. The molecule has 2 fully saturated rings. The normalized spacial score (nSPS) is 27.2. The van der Waals surface area contributed by atoms with Gasteiger partial charge in [-0.05, 0) is 46.2 Å². The van der Waals surface area contributed by atoms with E-state index >= 15 is 0 Å². The zero-order chi connectivity index (χ0) is 10.2. The van der Waals surface area contributed by atoms with Crippen LogP contribution in [0.1, 0.15) is 33.1 Å². The second-order valence-corrected chi connectivity index (χ2v) is 4.92. The molecule has 3 nitrogen and oxygen atoms in total. The standard InChI is InChI=1S/C11H20N2O/c1-9(2)13-7-4-11(5-8-13)3-6-12-10(11)14/h9H,3-8H2,1-2H3,(H,12,14). The molecule has 2 rings (SSSR count). The van der Waals surface area contributed by atoms with Gasteiger partial charge in [-0.1, -0.05) is 0 Å². The molecule has 0 bridgehead atoms. The average molecular weight is 196 g/mol. The second-order valence-electron chi connectivity index (χ2n) is 4.92. The van der Waals surface area contributed by atoms with Crippen molar-refractivity contribution in [1.29, 1.82) is 0 Å². The van der Waals surface area contributed by atoms with Crippen molar-refractivity contribution in [1.82, 2.24) is 10.2 Å². The van der Waals surface area contributed by atoms with Gasteiger partial charge in [0.15, 0.2) is 0 Å². The Morgan fingerprint density at radius 1 is 1.29 bits per heavy atom. The van der Waals surface area contributed by atoms with Gasteiger partial charge in [0.1, 0.15) is 0 Å². The van der Waals surface area contributed by atoms with Gasteiger partial charge in [-0.15, -0.1) is 0 Å². The molecule has 0 saturated carbocycles. The van der Waals surface area contributed by atoms with E-state index in [2.05, 4.69) is 24.1 Å². The Morgan fingerprint density at radius 3 is 2.36 bits per heavy atom. The number of hydrogen-bond donors (Lipinski definition) is 1. The molecule has 0 atom stereocenters. The molecule has 0 aromatic carbocycles. The largest absolute Gasteiger partial charge is 0.356 e. The predicted octanol–water partition coefficient (Wildman–Crippen LogP) is 0.997. The van der Waals surface area contributed by atoms with Crippen molar-refractivity contribution in [2.45, 2.75) is 39.2 Å². The van der Waals surface area contributed by atoms with Crippen LogP contribution in [-0.2, 0) is 4.79 Å². The van der Waals surface area contributed by atoms with Crippen LogP contribution in [0.2, 0.25) is 0 Å². The minimum absolute atomic E-state index is 0.00535. The van der Waals surface area contributed by atoms with E-state index in [9.17, 15) is 4.79 Å². The highest BCUT2D eigenvalue weighted by atomic mass is 16.2. The summed E-state index contributed by atoms with van der Waals surface area (Å²) in [5, 5.41) is 2.97. The first kappa shape index (κ1) is 9.97. The van der Waals surface area contributed by atoms with E-state index in [-0.39, 0.29) is 5.41 Å². The maximum absolute atomic E-state index is 11.7. The fraction of sp³-hybridized carbons (Fsp3) is 0.909. The Kier molecular flexibility index (Phi) is 2.52. The van der Waals surface area contributed by atoms with Crippen molar-refractivity contribution in [3.05, 3.63) is 0 Å². The van der Waals surface area contributed by atoms with Gasteiger partial charge in [-0.25, -0.2) is 0 Å². The summed E-state index contributed by atoms with van der Waals surface area (Å²) in [7, 11) is 0. The molecule has 0 aromatic heterocycles. The van der Waals surface area contributed by atoms with Crippen LogP contribution in [0, 0.1) is 5.41 Å². The van der Waals surface area contributed by atoms with Gasteiger partial charge in [0.05, 0.1) is 5.41 Å². The van der Waals surface area contributed by atoms with Crippen LogP contribution in [0.25, 0.3) is 0 Å². The molecule has 1 spiro atoms.